The van der Waals surface area contributed by atoms with Crippen molar-refractivity contribution >= 4 is 5.82 Å². The number of hydrogen-bond donors (Lipinski definition) is 1. The Labute approximate surface area is 93.5 Å². The number of rotatable bonds is 5. The minimum atomic E-state index is 0.576. The predicted octanol–water partition coefficient (Wildman–Crippen LogP) is 2.08. The van der Waals surface area contributed by atoms with E-state index in [1.165, 1.54) is 6.33 Å². The fraction of sp³-hybridized carbons (Fsp3) is 0.273. The number of furan rings is 1. The van der Waals surface area contributed by atoms with Gasteiger partial charge in [0.05, 0.1) is 19.1 Å². The molecule has 0 aliphatic rings. The molecular weight excluding hydrogens is 206 g/mol. The summed E-state index contributed by atoms with van der Waals surface area (Å²) in [6, 6.07) is 3.67. The fourth-order valence-corrected chi connectivity index (χ4v) is 1.25. The normalized spacial score (nSPS) is 10.1. The molecule has 0 bridgehead atoms. The van der Waals surface area contributed by atoms with Gasteiger partial charge in [0.15, 0.2) is 0 Å². The Morgan fingerprint density at radius 2 is 2.38 bits per heavy atom. The Bertz CT molecular complexity index is 429. The second kappa shape index (κ2) is 5.16. The summed E-state index contributed by atoms with van der Waals surface area (Å²) in [5.74, 6) is 1.31. The molecule has 2 aromatic heterocycles. The second-order valence-electron chi connectivity index (χ2n) is 3.16. The first-order chi connectivity index (χ1) is 7.88. The molecule has 2 heterocycles. The number of anilines is 1. The molecule has 5 heteroatoms. The van der Waals surface area contributed by atoms with Gasteiger partial charge in [-0.1, -0.05) is 0 Å². The van der Waals surface area contributed by atoms with Crippen LogP contribution in [0.1, 0.15) is 12.5 Å². The van der Waals surface area contributed by atoms with Crippen LogP contribution in [0.3, 0.4) is 0 Å². The maximum Gasteiger partial charge on any atom is 0.218 e. The van der Waals surface area contributed by atoms with Crippen molar-refractivity contribution in [2.75, 3.05) is 11.9 Å². The highest BCUT2D eigenvalue weighted by atomic mass is 16.5. The lowest BCUT2D eigenvalue weighted by Gasteiger charge is -2.05. The van der Waals surface area contributed by atoms with Crippen LogP contribution in [0.2, 0.25) is 0 Å². The van der Waals surface area contributed by atoms with E-state index in [1.54, 1.807) is 18.6 Å². The van der Waals surface area contributed by atoms with Crippen LogP contribution in [0.25, 0.3) is 0 Å². The van der Waals surface area contributed by atoms with Gasteiger partial charge in [-0.05, 0) is 13.0 Å². The minimum Gasteiger partial charge on any atom is -0.478 e. The number of nitrogens with zero attached hydrogens (tertiary/aromatic N) is 2. The minimum absolute atomic E-state index is 0.576. The van der Waals surface area contributed by atoms with Gasteiger partial charge in [-0.3, -0.25) is 0 Å². The van der Waals surface area contributed by atoms with Crippen LogP contribution in [0.5, 0.6) is 5.88 Å². The van der Waals surface area contributed by atoms with Crippen molar-refractivity contribution in [3.05, 3.63) is 36.5 Å². The first-order valence-electron chi connectivity index (χ1n) is 5.08. The highest BCUT2D eigenvalue weighted by Gasteiger charge is 1.99. The van der Waals surface area contributed by atoms with Crippen LogP contribution in [-0.2, 0) is 6.54 Å². The lowest BCUT2D eigenvalue weighted by atomic mass is 10.3. The summed E-state index contributed by atoms with van der Waals surface area (Å²) in [6.07, 6.45) is 4.81. The highest BCUT2D eigenvalue weighted by Crippen LogP contribution is 2.12. The second-order valence-corrected chi connectivity index (χ2v) is 3.16. The molecule has 0 atom stereocenters. The standard InChI is InChI=1S/C11H13N3O2/c1-2-16-11-5-10(13-8-14-11)12-6-9-3-4-15-7-9/h3-5,7-8H,2,6H2,1H3,(H,12,13,14). The third-order valence-electron chi connectivity index (χ3n) is 1.99. The molecular formula is C11H13N3O2. The molecule has 0 spiro atoms. The van der Waals surface area contributed by atoms with Gasteiger partial charge in [0, 0.05) is 18.2 Å². The van der Waals surface area contributed by atoms with Gasteiger partial charge in [-0.25, -0.2) is 9.97 Å². The van der Waals surface area contributed by atoms with E-state index in [1.807, 2.05) is 13.0 Å². The Hall–Kier alpha value is -2.04. The molecule has 2 rings (SSSR count). The van der Waals surface area contributed by atoms with E-state index < -0.39 is 0 Å². The number of nitrogens with one attached hydrogen (secondary N) is 1. The third kappa shape index (κ3) is 2.73. The zero-order chi connectivity index (χ0) is 11.2. The molecule has 0 fully saturated rings. The van der Waals surface area contributed by atoms with E-state index in [0.29, 0.717) is 19.0 Å². The van der Waals surface area contributed by atoms with Gasteiger partial charge in [0.2, 0.25) is 5.88 Å². The summed E-state index contributed by atoms with van der Waals surface area (Å²) in [5.41, 5.74) is 1.07. The van der Waals surface area contributed by atoms with Gasteiger partial charge in [-0.2, -0.15) is 0 Å². The average molecular weight is 219 g/mol. The summed E-state index contributed by atoms with van der Waals surface area (Å²) in [5, 5.41) is 3.15. The average Bonchev–Trinajstić information content (AvgIpc) is 2.80. The molecule has 0 saturated carbocycles. The van der Waals surface area contributed by atoms with Crippen molar-refractivity contribution in [3.63, 3.8) is 0 Å². The maximum atomic E-state index is 5.27. The van der Waals surface area contributed by atoms with Crippen LogP contribution in [0.4, 0.5) is 5.82 Å². The highest BCUT2D eigenvalue weighted by molar-refractivity contribution is 5.37. The SMILES string of the molecule is CCOc1cc(NCc2ccoc2)ncn1. The zero-order valence-corrected chi connectivity index (χ0v) is 9.01. The van der Waals surface area contributed by atoms with Gasteiger partial charge in [0.25, 0.3) is 0 Å². The van der Waals surface area contributed by atoms with E-state index in [2.05, 4.69) is 15.3 Å². The summed E-state index contributed by atoms with van der Waals surface area (Å²) < 4.78 is 10.2. The smallest absolute Gasteiger partial charge is 0.218 e. The van der Waals surface area contributed by atoms with Gasteiger partial charge >= 0.3 is 0 Å². The van der Waals surface area contributed by atoms with Gasteiger partial charge in [-0.15, -0.1) is 0 Å². The molecule has 0 saturated heterocycles. The first-order valence-corrected chi connectivity index (χ1v) is 5.08. The van der Waals surface area contributed by atoms with Crippen LogP contribution < -0.4 is 10.1 Å². The van der Waals surface area contributed by atoms with Crippen molar-refractivity contribution in [1.29, 1.82) is 0 Å². The van der Waals surface area contributed by atoms with E-state index in [9.17, 15) is 0 Å². The van der Waals surface area contributed by atoms with Crippen molar-refractivity contribution < 1.29 is 9.15 Å². The Morgan fingerprint density at radius 1 is 1.44 bits per heavy atom. The molecule has 0 aliphatic carbocycles. The maximum absolute atomic E-state index is 5.27. The van der Waals surface area contributed by atoms with E-state index in [0.717, 1.165) is 11.4 Å². The monoisotopic (exact) mass is 219 g/mol. The third-order valence-corrected chi connectivity index (χ3v) is 1.99. The summed E-state index contributed by atoms with van der Waals surface area (Å²) in [6.45, 7) is 3.18. The van der Waals surface area contributed by atoms with Crippen LogP contribution in [-0.4, -0.2) is 16.6 Å². The Morgan fingerprint density at radius 3 is 3.12 bits per heavy atom. The van der Waals surface area contributed by atoms with E-state index >= 15 is 0 Å². The van der Waals surface area contributed by atoms with E-state index in [-0.39, 0.29) is 0 Å². The number of ether oxygens (including phenoxy) is 1. The molecule has 16 heavy (non-hydrogen) atoms. The molecule has 0 aliphatic heterocycles. The molecule has 0 unspecified atom stereocenters. The summed E-state index contributed by atoms with van der Waals surface area (Å²) in [7, 11) is 0. The van der Waals surface area contributed by atoms with Crippen molar-refractivity contribution in [1.82, 2.24) is 9.97 Å². The predicted molar refractivity (Wildman–Crippen MR) is 59.2 cm³/mol. The quantitative estimate of drug-likeness (QED) is 0.834. The molecule has 0 aromatic carbocycles. The lowest BCUT2D eigenvalue weighted by Crippen LogP contribution is -2.02. The van der Waals surface area contributed by atoms with Crippen molar-refractivity contribution in [2.45, 2.75) is 13.5 Å². The fourth-order valence-electron chi connectivity index (χ4n) is 1.25. The molecule has 1 N–H and O–H groups in total. The van der Waals surface area contributed by atoms with Crippen LogP contribution in [0, 0.1) is 0 Å². The number of aromatic nitrogens is 2. The first kappa shape index (κ1) is 10.5. The Balaban J connectivity index is 1.96. The van der Waals surface area contributed by atoms with Crippen molar-refractivity contribution in [2.24, 2.45) is 0 Å². The molecule has 2 aromatic rings. The van der Waals surface area contributed by atoms with Crippen LogP contribution in [0.15, 0.2) is 35.4 Å². The topological polar surface area (TPSA) is 60.2 Å². The summed E-state index contributed by atoms with van der Waals surface area (Å²) in [4.78, 5) is 8.07. The molecule has 5 nitrogen and oxygen atoms in total. The lowest BCUT2D eigenvalue weighted by molar-refractivity contribution is 0.326. The van der Waals surface area contributed by atoms with Gasteiger partial charge in [0.1, 0.15) is 12.1 Å². The molecule has 84 valence electrons. The van der Waals surface area contributed by atoms with Crippen molar-refractivity contribution in [3.8, 4) is 5.88 Å². The Kier molecular flexibility index (Phi) is 3.38. The largest absolute Gasteiger partial charge is 0.478 e. The van der Waals surface area contributed by atoms with Gasteiger partial charge < -0.3 is 14.5 Å². The molecule has 0 radical (unpaired) electrons. The summed E-state index contributed by atoms with van der Waals surface area (Å²) >= 11 is 0. The van der Waals surface area contributed by atoms with E-state index in [4.69, 9.17) is 9.15 Å². The zero-order valence-electron chi connectivity index (χ0n) is 9.01. The van der Waals surface area contributed by atoms with Crippen LogP contribution >= 0.6 is 0 Å². The molecule has 0 amide bonds. The number of hydrogen-bond acceptors (Lipinski definition) is 5.